The summed E-state index contributed by atoms with van der Waals surface area (Å²) in [6.45, 7) is 3.10. The first kappa shape index (κ1) is 16.5. The molecule has 1 N–H and O–H groups in total. The van der Waals surface area contributed by atoms with Crippen molar-refractivity contribution in [2.75, 3.05) is 32.8 Å². The lowest BCUT2D eigenvalue weighted by molar-refractivity contribution is -0.132. The molecule has 0 saturated carbocycles. The molecule has 24 heavy (non-hydrogen) atoms. The summed E-state index contributed by atoms with van der Waals surface area (Å²) in [7, 11) is 0. The summed E-state index contributed by atoms with van der Waals surface area (Å²) in [5.74, 6) is -0.351. The monoisotopic (exact) mass is 327 g/mol. The number of carbonyl (C=O) groups excluding carboxylic acids is 2. The van der Waals surface area contributed by atoms with Gasteiger partial charge in [-0.1, -0.05) is 0 Å². The Morgan fingerprint density at radius 2 is 1.92 bits per heavy atom. The van der Waals surface area contributed by atoms with E-state index in [1.807, 2.05) is 11.0 Å². The molecule has 0 aromatic heterocycles. The van der Waals surface area contributed by atoms with Crippen LogP contribution >= 0.6 is 0 Å². The third-order valence-electron chi connectivity index (χ3n) is 5.04. The lowest BCUT2D eigenvalue weighted by atomic mass is 9.78. The number of nitrogens with one attached hydrogen (secondary N) is 1. The number of piperidine rings is 1. The van der Waals surface area contributed by atoms with E-state index in [9.17, 15) is 9.59 Å². The van der Waals surface area contributed by atoms with Gasteiger partial charge in [0.25, 0.3) is 5.91 Å². The largest absolute Gasteiger partial charge is 0.381 e. The topological polar surface area (TPSA) is 82.4 Å². The van der Waals surface area contributed by atoms with E-state index in [1.165, 1.54) is 0 Å². The standard InChI is InChI=1S/C18H21N3O3/c19-11-14-1-3-15(4-2-14)17(23)20-12-16(22)21-8-5-18(6-9-21)7-10-24-13-18/h1-4H,5-10,12-13H2,(H,20,23). The SMILES string of the molecule is N#Cc1ccc(C(=O)NCC(=O)N2CCC3(CCOC3)CC2)cc1. The number of hydrogen-bond acceptors (Lipinski definition) is 4. The Hall–Kier alpha value is -2.39. The first-order chi connectivity index (χ1) is 11.6. The van der Waals surface area contributed by atoms with Crippen LogP contribution in [-0.2, 0) is 9.53 Å². The molecule has 1 spiro atoms. The quantitative estimate of drug-likeness (QED) is 0.907. The maximum absolute atomic E-state index is 12.3. The molecule has 2 heterocycles. The molecule has 2 aliphatic rings. The highest BCUT2D eigenvalue weighted by atomic mass is 16.5. The van der Waals surface area contributed by atoms with Crippen molar-refractivity contribution in [3.63, 3.8) is 0 Å². The van der Waals surface area contributed by atoms with E-state index in [0.29, 0.717) is 11.1 Å². The second-order valence-electron chi connectivity index (χ2n) is 6.56. The molecule has 3 rings (SSSR count). The van der Waals surface area contributed by atoms with Gasteiger partial charge in [-0.15, -0.1) is 0 Å². The van der Waals surface area contributed by atoms with E-state index >= 15 is 0 Å². The van der Waals surface area contributed by atoms with Crippen molar-refractivity contribution in [1.29, 1.82) is 5.26 Å². The molecule has 1 aromatic carbocycles. The summed E-state index contributed by atoms with van der Waals surface area (Å²) in [5, 5.41) is 11.4. The Morgan fingerprint density at radius 3 is 2.50 bits per heavy atom. The first-order valence-corrected chi connectivity index (χ1v) is 8.26. The molecule has 2 amide bonds. The summed E-state index contributed by atoms with van der Waals surface area (Å²) in [4.78, 5) is 26.2. The van der Waals surface area contributed by atoms with Gasteiger partial charge in [-0.2, -0.15) is 5.26 Å². The number of amides is 2. The number of ether oxygens (including phenoxy) is 1. The molecule has 126 valence electrons. The van der Waals surface area contributed by atoms with Crippen molar-refractivity contribution in [3.8, 4) is 6.07 Å². The Bertz CT molecular complexity index is 647. The second-order valence-corrected chi connectivity index (χ2v) is 6.56. The fourth-order valence-corrected chi connectivity index (χ4v) is 3.34. The average molecular weight is 327 g/mol. The van der Waals surface area contributed by atoms with Gasteiger partial charge in [-0.3, -0.25) is 9.59 Å². The Morgan fingerprint density at radius 1 is 1.21 bits per heavy atom. The molecular formula is C18H21N3O3. The summed E-state index contributed by atoms with van der Waals surface area (Å²) in [6, 6.07) is 8.35. The molecule has 0 radical (unpaired) electrons. The van der Waals surface area contributed by atoms with Crippen LogP contribution in [0.4, 0.5) is 0 Å². The van der Waals surface area contributed by atoms with Crippen LogP contribution in [0.2, 0.25) is 0 Å². The Balaban J connectivity index is 1.47. The van der Waals surface area contributed by atoms with E-state index in [4.69, 9.17) is 10.00 Å². The van der Waals surface area contributed by atoms with Crippen LogP contribution in [0.1, 0.15) is 35.2 Å². The van der Waals surface area contributed by atoms with Gasteiger partial charge in [0.15, 0.2) is 0 Å². The van der Waals surface area contributed by atoms with Crippen LogP contribution in [0, 0.1) is 16.7 Å². The van der Waals surface area contributed by atoms with E-state index in [2.05, 4.69) is 5.32 Å². The summed E-state index contributed by atoms with van der Waals surface area (Å²) in [5.41, 5.74) is 1.21. The van der Waals surface area contributed by atoms with E-state index in [-0.39, 0.29) is 23.8 Å². The van der Waals surface area contributed by atoms with Gasteiger partial charge in [-0.25, -0.2) is 0 Å². The number of rotatable bonds is 3. The molecule has 0 bridgehead atoms. The highest BCUT2D eigenvalue weighted by Gasteiger charge is 2.38. The van der Waals surface area contributed by atoms with Gasteiger partial charge in [0.05, 0.1) is 24.8 Å². The first-order valence-electron chi connectivity index (χ1n) is 8.26. The maximum Gasteiger partial charge on any atom is 0.251 e. The fraction of sp³-hybridized carbons (Fsp3) is 0.500. The number of likely N-dealkylation sites (tertiary alicyclic amines) is 1. The number of benzene rings is 1. The normalized spacial score (nSPS) is 19.0. The van der Waals surface area contributed by atoms with Gasteiger partial charge < -0.3 is 15.0 Å². The summed E-state index contributed by atoms with van der Waals surface area (Å²) >= 11 is 0. The average Bonchev–Trinajstić information content (AvgIpc) is 3.08. The van der Waals surface area contributed by atoms with Crippen LogP contribution < -0.4 is 5.32 Å². The van der Waals surface area contributed by atoms with Gasteiger partial charge in [-0.05, 0) is 48.9 Å². The maximum atomic E-state index is 12.3. The lowest BCUT2D eigenvalue weighted by Gasteiger charge is -2.38. The second kappa shape index (κ2) is 7.02. The highest BCUT2D eigenvalue weighted by molar-refractivity contribution is 5.96. The summed E-state index contributed by atoms with van der Waals surface area (Å²) in [6.07, 6.45) is 3.04. The zero-order chi connectivity index (χ0) is 17.0. The van der Waals surface area contributed by atoms with Gasteiger partial charge >= 0.3 is 0 Å². The predicted molar refractivity (Wildman–Crippen MR) is 87.2 cm³/mol. The van der Waals surface area contributed by atoms with Crippen molar-refractivity contribution in [2.24, 2.45) is 5.41 Å². The minimum Gasteiger partial charge on any atom is -0.381 e. The van der Waals surface area contributed by atoms with Crippen LogP contribution in [0.3, 0.4) is 0 Å². The van der Waals surface area contributed by atoms with E-state index < -0.39 is 0 Å². The van der Waals surface area contributed by atoms with Crippen LogP contribution in [0.15, 0.2) is 24.3 Å². The van der Waals surface area contributed by atoms with Crippen molar-refractivity contribution in [1.82, 2.24) is 10.2 Å². The fourth-order valence-electron chi connectivity index (χ4n) is 3.34. The molecule has 1 aromatic rings. The number of nitrogens with zero attached hydrogens (tertiary/aromatic N) is 2. The Kier molecular flexibility index (Phi) is 4.81. The number of hydrogen-bond donors (Lipinski definition) is 1. The van der Waals surface area contributed by atoms with Crippen LogP contribution in [-0.4, -0.2) is 49.6 Å². The predicted octanol–water partition coefficient (Wildman–Crippen LogP) is 1.32. The molecular weight excluding hydrogens is 306 g/mol. The summed E-state index contributed by atoms with van der Waals surface area (Å²) < 4.78 is 5.50. The van der Waals surface area contributed by atoms with Gasteiger partial charge in [0.1, 0.15) is 0 Å². The molecule has 0 atom stereocenters. The van der Waals surface area contributed by atoms with Crippen molar-refractivity contribution in [2.45, 2.75) is 19.3 Å². The minimum absolute atomic E-state index is 0.00232. The smallest absolute Gasteiger partial charge is 0.251 e. The Labute approximate surface area is 141 Å². The highest BCUT2D eigenvalue weighted by Crippen LogP contribution is 2.38. The molecule has 6 nitrogen and oxygen atoms in total. The van der Waals surface area contributed by atoms with Gasteiger partial charge in [0, 0.05) is 25.3 Å². The van der Waals surface area contributed by atoms with Crippen LogP contribution in [0.5, 0.6) is 0 Å². The third kappa shape index (κ3) is 3.57. The minimum atomic E-state index is -0.300. The third-order valence-corrected chi connectivity index (χ3v) is 5.04. The van der Waals surface area contributed by atoms with Crippen LogP contribution in [0.25, 0.3) is 0 Å². The number of carbonyl (C=O) groups is 2. The van der Waals surface area contributed by atoms with Crippen molar-refractivity contribution < 1.29 is 14.3 Å². The van der Waals surface area contributed by atoms with Crippen molar-refractivity contribution in [3.05, 3.63) is 35.4 Å². The van der Waals surface area contributed by atoms with E-state index in [1.54, 1.807) is 24.3 Å². The lowest BCUT2D eigenvalue weighted by Crippen LogP contribution is -2.47. The van der Waals surface area contributed by atoms with E-state index in [0.717, 1.165) is 45.6 Å². The molecule has 0 unspecified atom stereocenters. The molecule has 0 aliphatic carbocycles. The zero-order valence-corrected chi connectivity index (χ0v) is 13.6. The molecule has 2 aliphatic heterocycles. The van der Waals surface area contributed by atoms with Crippen molar-refractivity contribution >= 4 is 11.8 Å². The molecule has 2 saturated heterocycles. The van der Waals surface area contributed by atoms with Gasteiger partial charge in [0.2, 0.25) is 5.91 Å². The number of nitriles is 1. The molecule has 2 fully saturated rings. The zero-order valence-electron chi connectivity index (χ0n) is 13.6. The molecule has 6 heteroatoms.